The average Bonchev–Trinajstić information content (AvgIpc) is 3.16. The van der Waals surface area contributed by atoms with Gasteiger partial charge in [0.25, 0.3) is 0 Å². The second-order valence-corrected chi connectivity index (χ2v) is 20.5. The Balaban J connectivity index is 1.54. The lowest BCUT2D eigenvalue weighted by Crippen LogP contribution is -2.53. The minimum Gasteiger partial charge on any atom is -0.508 e. The summed E-state index contributed by atoms with van der Waals surface area (Å²) < 4.78 is 41.5. The quantitative estimate of drug-likeness (QED) is 0.0501. The van der Waals surface area contributed by atoms with E-state index in [2.05, 4.69) is 15.0 Å². The monoisotopic (exact) mass is 814 g/mol. The van der Waals surface area contributed by atoms with Crippen molar-refractivity contribution >= 4 is 23.8 Å². The van der Waals surface area contributed by atoms with Gasteiger partial charge in [-0.3, -0.25) is 27.1 Å². The number of hydrogen-bond acceptors (Lipinski definition) is 11. The molecule has 0 spiro atoms. The SMILES string of the molecule is CCN[P+](Oc1ccccc1)(Oc1ccccc1)C(C)(C)N[P+](N[P+](C)(Oc1ccccc1)Oc1cc(O)cc(O)c1)(Oc1ccccc1)Oc1ccccc1. The molecule has 0 aliphatic carbocycles. The van der Waals surface area contributed by atoms with E-state index in [1.807, 2.05) is 160 Å². The normalized spacial score (nSPS) is 12.9. The lowest BCUT2D eigenvalue weighted by molar-refractivity contribution is 0.365. The molecule has 0 aliphatic heterocycles. The van der Waals surface area contributed by atoms with E-state index in [4.69, 9.17) is 27.1 Å². The summed E-state index contributed by atoms with van der Waals surface area (Å²) in [4.78, 5) is 3.61. The molecule has 0 bridgehead atoms. The van der Waals surface area contributed by atoms with Crippen molar-refractivity contribution in [2.45, 2.75) is 26.1 Å². The number of phenolic OH excluding ortho intramolecular Hbond substituents is 2. The van der Waals surface area contributed by atoms with Crippen LogP contribution in [0.25, 0.3) is 0 Å². The Kier molecular flexibility index (Phi) is 13.2. The molecule has 0 heterocycles. The summed E-state index contributed by atoms with van der Waals surface area (Å²) >= 11 is 0. The summed E-state index contributed by atoms with van der Waals surface area (Å²) in [5.74, 6) is 2.40. The molecule has 1 atom stereocenters. The fraction of sp³-hybridized carbons (Fsp3) is 0.143. The molecule has 0 saturated carbocycles. The third-order valence-electron chi connectivity index (χ3n) is 7.92. The molecule has 14 heteroatoms. The van der Waals surface area contributed by atoms with Crippen molar-refractivity contribution in [3.63, 3.8) is 0 Å². The standard InChI is InChI=1S/C42H45N3O8P3/c1-5-43-55(50-37-23-13-7-14-24-37,51-38-25-15-8-16-26-38)42(2,3)44-56(52-39-27-17-9-18-28-39,53-40-29-19-10-20-30-40)45-54(4,48-36-21-11-6-12-22-36)49-41-32-34(46)31-35(47)33-41/h6-33,43-45H,5H2,1-4H3/q+1/p+2. The number of nitrogens with one attached hydrogen (secondary N) is 3. The number of phenols is 2. The smallest absolute Gasteiger partial charge is 0.508 e. The van der Waals surface area contributed by atoms with Crippen LogP contribution in [0.15, 0.2) is 170 Å². The predicted molar refractivity (Wildman–Crippen MR) is 226 cm³/mol. The zero-order valence-corrected chi connectivity index (χ0v) is 34.2. The first-order valence-electron chi connectivity index (χ1n) is 17.9. The number of para-hydroxylation sites is 5. The van der Waals surface area contributed by atoms with E-state index < -0.39 is 29.0 Å². The zero-order chi connectivity index (χ0) is 39.5. The van der Waals surface area contributed by atoms with Gasteiger partial charge in [0, 0.05) is 38.6 Å². The van der Waals surface area contributed by atoms with Crippen LogP contribution in [0.4, 0.5) is 0 Å². The van der Waals surface area contributed by atoms with Crippen LogP contribution >= 0.6 is 23.8 Å². The Bertz CT molecular complexity index is 2010. The van der Waals surface area contributed by atoms with Crippen LogP contribution in [0, 0.1) is 0 Å². The van der Waals surface area contributed by atoms with Crippen LogP contribution < -0.4 is 42.2 Å². The van der Waals surface area contributed by atoms with Crippen molar-refractivity contribution in [2.75, 3.05) is 13.2 Å². The first-order valence-corrected chi connectivity index (χ1v) is 23.3. The summed E-state index contributed by atoms with van der Waals surface area (Å²) in [5, 5.41) is 27.2. The van der Waals surface area contributed by atoms with Gasteiger partial charge in [0.05, 0.1) is 4.86 Å². The van der Waals surface area contributed by atoms with Gasteiger partial charge in [-0.2, -0.15) is 0 Å². The average molecular weight is 815 g/mol. The summed E-state index contributed by atoms with van der Waals surface area (Å²) in [6.07, 6.45) is 0. The Labute approximate surface area is 330 Å². The van der Waals surface area contributed by atoms with Crippen molar-refractivity contribution in [3.8, 4) is 46.0 Å². The molecular formula is C42H47N3O8P3+3. The first kappa shape index (κ1) is 40.6. The highest BCUT2D eigenvalue weighted by molar-refractivity contribution is 7.79. The van der Waals surface area contributed by atoms with Crippen LogP contribution in [0.2, 0.25) is 0 Å². The zero-order valence-electron chi connectivity index (χ0n) is 31.6. The first-order chi connectivity index (χ1) is 27.0. The van der Waals surface area contributed by atoms with E-state index in [-0.39, 0.29) is 17.2 Å². The van der Waals surface area contributed by atoms with Crippen molar-refractivity contribution in [1.82, 2.24) is 15.0 Å². The van der Waals surface area contributed by atoms with E-state index in [1.54, 1.807) is 18.8 Å². The molecule has 0 aromatic heterocycles. The Morgan fingerprint density at radius 2 is 0.821 bits per heavy atom. The number of aromatic hydroxyl groups is 2. The van der Waals surface area contributed by atoms with Crippen LogP contribution in [0.5, 0.6) is 46.0 Å². The van der Waals surface area contributed by atoms with E-state index in [0.29, 0.717) is 35.3 Å². The Hall–Kier alpha value is -5.11. The molecule has 290 valence electrons. The van der Waals surface area contributed by atoms with Crippen LogP contribution in [-0.2, 0) is 0 Å². The largest absolute Gasteiger partial charge is 0.562 e. The molecule has 5 N–H and O–H groups in total. The molecule has 6 aromatic rings. The van der Waals surface area contributed by atoms with Crippen molar-refractivity contribution in [3.05, 3.63) is 170 Å². The van der Waals surface area contributed by atoms with Crippen molar-refractivity contribution in [2.24, 2.45) is 0 Å². The second-order valence-electron chi connectivity index (χ2n) is 13.0. The van der Waals surface area contributed by atoms with Crippen molar-refractivity contribution < 1.29 is 37.4 Å². The van der Waals surface area contributed by atoms with E-state index in [9.17, 15) is 10.2 Å². The van der Waals surface area contributed by atoms with E-state index >= 15 is 0 Å². The summed E-state index contributed by atoms with van der Waals surface area (Å²) in [6, 6.07) is 50.8. The Morgan fingerprint density at radius 3 is 1.20 bits per heavy atom. The number of rotatable bonds is 19. The highest BCUT2D eigenvalue weighted by Gasteiger charge is 2.72. The van der Waals surface area contributed by atoms with Crippen LogP contribution in [-0.4, -0.2) is 28.7 Å². The maximum atomic E-state index is 10.5. The van der Waals surface area contributed by atoms with Gasteiger partial charge in [0.15, 0.2) is 34.5 Å². The maximum absolute atomic E-state index is 10.5. The second kappa shape index (κ2) is 18.2. The van der Waals surface area contributed by atoms with Gasteiger partial charge < -0.3 is 10.2 Å². The lowest BCUT2D eigenvalue weighted by atomic mass is 10.3. The molecule has 0 aliphatic rings. The minimum atomic E-state index is -3.81. The van der Waals surface area contributed by atoms with Gasteiger partial charge in [-0.1, -0.05) is 96.1 Å². The van der Waals surface area contributed by atoms with Gasteiger partial charge in [0.1, 0.15) is 18.2 Å². The molecule has 56 heavy (non-hydrogen) atoms. The van der Waals surface area contributed by atoms with Crippen LogP contribution in [0.1, 0.15) is 20.8 Å². The van der Waals surface area contributed by atoms with Gasteiger partial charge in [-0.25, -0.2) is 0 Å². The van der Waals surface area contributed by atoms with Gasteiger partial charge in [-0.15, -0.1) is 5.09 Å². The molecule has 1 unspecified atom stereocenters. The highest BCUT2D eigenvalue weighted by Crippen LogP contribution is 2.72. The van der Waals surface area contributed by atoms with E-state index in [1.165, 1.54) is 18.2 Å². The summed E-state index contributed by atoms with van der Waals surface area (Å²) in [5.41, 5.74) is 0. The number of hydrogen-bond donors (Lipinski definition) is 5. The predicted octanol–water partition coefficient (Wildman–Crippen LogP) is 11.2. The minimum absolute atomic E-state index is 0.146. The molecule has 11 nitrogen and oxygen atoms in total. The van der Waals surface area contributed by atoms with Gasteiger partial charge in [-0.05, 0) is 67.6 Å². The maximum Gasteiger partial charge on any atom is 0.562 e. The van der Waals surface area contributed by atoms with E-state index in [0.717, 1.165) is 0 Å². The summed E-state index contributed by atoms with van der Waals surface area (Å²) in [7, 11) is -10.6. The highest BCUT2D eigenvalue weighted by atomic mass is 31.3. The lowest BCUT2D eigenvalue weighted by Gasteiger charge is -2.37. The molecule has 0 radical (unpaired) electrons. The summed E-state index contributed by atoms with van der Waals surface area (Å²) in [6.45, 7) is 8.18. The molecule has 0 amide bonds. The third-order valence-corrected chi connectivity index (χ3v) is 16.8. The molecule has 0 saturated heterocycles. The Morgan fingerprint density at radius 1 is 0.482 bits per heavy atom. The van der Waals surface area contributed by atoms with Gasteiger partial charge in [0.2, 0.25) is 5.28 Å². The van der Waals surface area contributed by atoms with Gasteiger partial charge >= 0.3 is 23.8 Å². The molecule has 0 fully saturated rings. The fourth-order valence-corrected chi connectivity index (χ4v) is 14.3. The molecule has 6 aromatic carbocycles. The van der Waals surface area contributed by atoms with Crippen LogP contribution in [0.3, 0.4) is 0 Å². The molecule has 6 rings (SSSR count). The molecular weight excluding hydrogens is 767 g/mol. The fourth-order valence-electron chi connectivity index (χ4n) is 5.60. The third kappa shape index (κ3) is 10.8. The number of benzene rings is 6. The topological polar surface area (TPSA) is 132 Å². The van der Waals surface area contributed by atoms with Crippen molar-refractivity contribution in [1.29, 1.82) is 0 Å².